The number of hydrogen-bond acceptors (Lipinski definition) is 5. The number of benzene rings is 1. The van der Waals surface area contributed by atoms with E-state index in [1.807, 2.05) is 36.4 Å². The molecule has 0 atom stereocenters. The summed E-state index contributed by atoms with van der Waals surface area (Å²) >= 11 is 0. The fraction of sp³-hybridized carbons (Fsp3) is 0.0909. The van der Waals surface area contributed by atoms with Gasteiger partial charge in [-0.05, 0) is 30.3 Å². The van der Waals surface area contributed by atoms with Crippen LogP contribution < -0.4 is 5.32 Å². The highest BCUT2D eigenvalue weighted by Crippen LogP contribution is 2.35. The predicted octanol–water partition coefficient (Wildman–Crippen LogP) is 4.10. The fourth-order valence-corrected chi connectivity index (χ4v) is 3.53. The molecule has 1 amide bonds. The van der Waals surface area contributed by atoms with Crippen LogP contribution in [0.3, 0.4) is 0 Å². The third-order valence-corrected chi connectivity index (χ3v) is 4.91. The van der Waals surface area contributed by atoms with Crippen molar-refractivity contribution in [3.63, 3.8) is 0 Å². The van der Waals surface area contributed by atoms with Gasteiger partial charge in [0.25, 0.3) is 5.91 Å². The number of aromatic nitrogens is 4. The zero-order chi connectivity index (χ0) is 20.0. The lowest BCUT2D eigenvalue weighted by Gasteiger charge is -2.14. The van der Waals surface area contributed by atoms with E-state index in [-0.39, 0.29) is 5.91 Å². The van der Waals surface area contributed by atoms with E-state index in [1.165, 1.54) is 0 Å². The number of hydrogen-bond donors (Lipinski definition) is 2. The Labute approximate surface area is 166 Å². The summed E-state index contributed by atoms with van der Waals surface area (Å²) in [6.07, 6.45) is 7.05. The van der Waals surface area contributed by atoms with E-state index < -0.39 is 0 Å². The predicted molar refractivity (Wildman–Crippen MR) is 114 cm³/mol. The quantitative estimate of drug-likeness (QED) is 0.490. The minimum atomic E-state index is -0.0423. The molecule has 0 saturated heterocycles. The number of nitrogens with zero attached hydrogens (tertiary/aromatic N) is 4. The van der Waals surface area contributed by atoms with Gasteiger partial charge < -0.3 is 15.2 Å². The molecule has 0 fully saturated rings. The second kappa shape index (κ2) is 6.56. The van der Waals surface area contributed by atoms with E-state index in [0.29, 0.717) is 5.56 Å². The summed E-state index contributed by atoms with van der Waals surface area (Å²) < 4.78 is 0. The fourth-order valence-electron chi connectivity index (χ4n) is 3.53. The number of rotatable bonds is 3. The van der Waals surface area contributed by atoms with E-state index >= 15 is 0 Å². The van der Waals surface area contributed by atoms with Gasteiger partial charge in [0, 0.05) is 48.5 Å². The summed E-state index contributed by atoms with van der Waals surface area (Å²) in [5.74, 6) is -0.0423. The summed E-state index contributed by atoms with van der Waals surface area (Å²) in [5, 5.41) is 5.44. The average Bonchev–Trinajstić information content (AvgIpc) is 3.12. The smallest absolute Gasteiger partial charge is 0.253 e. The van der Waals surface area contributed by atoms with Crippen molar-refractivity contribution in [3.05, 3.63) is 66.7 Å². The number of nitrogens with one attached hydrogen (secondary N) is 2. The van der Waals surface area contributed by atoms with Gasteiger partial charge >= 0.3 is 0 Å². The molecule has 0 spiro atoms. The van der Waals surface area contributed by atoms with Crippen LogP contribution in [-0.4, -0.2) is 44.8 Å². The first-order chi connectivity index (χ1) is 14.1. The van der Waals surface area contributed by atoms with Gasteiger partial charge in [-0.15, -0.1) is 0 Å². The van der Waals surface area contributed by atoms with E-state index in [1.54, 1.807) is 43.8 Å². The zero-order valence-corrected chi connectivity index (χ0v) is 16.0. The first-order valence-corrected chi connectivity index (χ1v) is 9.19. The second-order valence-electron chi connectivity index (χ2n) is 7.05. The van der Waals surface area contributed by atoms with Crippen LogP contribution in [0.2, 0.25) is 0 Å². The Balaban J connectivity index is 1.73. The molecule has 142 valence electrons. The van der Waals surface area contributed by atoms with E-state index in [2.05, 4.69) is 20.3 Å². The van der Waals surface area contributed by atoms with Crippen molar-refractivity contribution < 1.29 is 4.79 Å². The summed E-state index contributed by atoms with van der Waals surface area (Å²) in [7, 11) is 3.49. The Morgan fingerprint density at radius 2 is 1.83 bits per heavy atom. The number of carbonyl (C=O) groups is 1. The lowest BCUT2D eigenvalue weighted by atomic mass is 10.1. The SMILES string of the molecule is CN(C)C(=O)c1cccc(Nc2c3ccncc3nc3c2[nH]c2cnccc23)c1. The van der Waals surface area contributed by atoms with Crippen LogP contribution in [0.4, 0.5) is 11.4 Å². The molecule has 29 heavy (non-hydrogen) atoms. The maximum absolute atomic E-state index is 12.4. The van der Waals surface area contributed by atoms with Crippen molar-refractivity contribution in [2.45, 2.75) is 0 Å². The average molecular weight is 382 g/mol. The first-order valence-electron chi connectivity index (χ1n) is 9.19. The van der Waals surface area contributed by atoms with Crippen molar-refractivity contribution in [1.29, 1.82) is 0 Å². The monoisotopic (exact) mass is 382 g/mol. The molecule has 4 aromatic heterocycles. The maximum atomic E-state index is 12.4. The number of anilines is 2. The van der Waals surface area contributed by atoms with Crippen molar-refractivity contribution >= 4 is 50.1 Å². The van der Waals surface area contributed by atoms with E-state index in [0.717, 1.165) is 44.2 Å². The van der Waals surface area contributed by atoms with Gasteiger partial charge in [-0.1, -0.05) is 6.07 Å². The van der Waals surface area contributed by atoms with Crippen LogP contribution in [0.15, 0.2) is 61.2 Å². The number of amides is 1. The van der Waals surface area contributed by atoms with Gasteiger partial charge in [-0.2, -0.15) is 0 Å². The van der Waals surface area contributed by atoms with Gasteiger partial charge in [0.2, 0.25) is 0 Å². The maximum Gasteiger partial charge on any atom is 0.253 e. The van der Waals surface area contributed by atoms with Gasteiger partial charge in [0.1, 0.15) is 0 Å². The van der Waals surface area contributed by atoms with Crippen molar-refractivity contribution in [2.24, 2.45) is 0 Å². The first kappa shape index (κ1) is 17.1. The number of pyridine rings is 3. The molecule has 1 aromatic carbocycles. The van der Waals surface area contributed by atoms with Gasteiger partial charge in [0.05, 0.1) is 40.1 Å². The third-order valence-electron chi connectivity index (χ3n) is 4.91. The normalized spacial score (nSPS) is 11.2. The molecule has 0 bridgehead atoms. The van der Waals surface area contributed by atoms with E-state index in [9.17, 15) is 4.79 Å². The molecule has 7 nitrogen and oxygen atoms in total. The zero-order valence-electron chi connectivity index (χ0n) is 16.0. The van der Waals surface area contributed by atoms with Crippen molar-refractivity contribution in [2.75, 3.05) is 19.4 Å². The highest BCUT2D eigenvalue weighted by Gasteiger charge is 2.15. The van der Waals surface area contributed by atoms with Crippen LogP contribution in [0.5, 0.6) is 0 Å². The summed E-state index contributed by atoms with van der Waals surface area (Å²) in [6, 6.07) is 11.4. The number of aromatic amines is 1. The molecular weight excluding hydrogens is 364 g/mol. The highest BCUT2D eigenvalue weighted by molar-refractivity contribution is 6.16. The summed E-state index contributed by atoms with van der Waals surface area (Å²) in [6.45, 7) is 0. The molecule has 0 saturated carbocycles. The Hall–Kier alpha value is -4.00. The number of carbonyl (C=O) groups excluding carboxylic acids is 1. The van der Waals surface area contributed by atoms with Crippen LogP contribution in [0.1, 0.15) is 10.4 Å². The molecule has 4 heterocycles. The molecule has 2 N–H and O–H groups in total. The van der Waals surface area contributed by atoms with Gasteiger partial charge in [-0.3, -0.25) is 14.8 Å². The minimum Gasteiger partial charge on any atom is -0.353 e. The van der Waals surface area contributed by atoms with Crippen LogP contribution in [0, 0.1) is 0 Å². The molecule has 0 radical (unpaired) electrons. The second-order valence-corrected chi connectivity index (χ2v) is 7.05. The molecule has 0 aliphatic heterocycles. The highest BCUT2D eigenvalue weighted by atomic mass is 16.2. The van der Waals surface area contributed by atoms with Crippen LogP contribution >= 0.6 is 0 Å². The summed E-state index contributed by atoms with van der Waals surface area (Å²) in [4.78, 5) is 30.6. The molecule has 0 aliphatic rings. The summed E-state index contributed by atoms with van der Waals surface area (Å²) in [5.41, 5.74) is 5.77. The Kier molecular flexibility index (Phi) is 3.87. The largest absolute Gasteiger partial charge is 0.353 e. The third kappa shape index (κ3) is 2.84. The molecule has 7 heteroatoms. The van der Waals surface area contributed by atoms with Gasteiger partial charge in [-0.25, -0.2) is 4.98 Å². The molecule has 0 unspecified atom stereocenters. The van der Waals surface area contributed by atoms with Crippen molar-refractivity contribution in [3.8, 4) is 0 Å². The lowest BCUT2D eigenvalue weighted by molar-refractivity contribution is 0.0827. The standard InChI is InChI=1S/C22H18N6O/c1-28(2)22(29)13-4-3-5-14(10-13)25-19-15-6-8-23-11-17(15)26-20-16-7-9-24-12-18(16)27-21(19)20/h3-12,27H,1-2H3,(H,25,26). The van der Waals surface area contributed by atoms with Crippen LogP contribution in [-0.2, 0) is 0 Å². The molecule has 0 aliphatic carbocycles. The molecular formula is C22H18N6O. The Bertz CT molecular complexity index is 1390. The Morgan fingerprint density at radius 3 is 2.66 bits per heavy atom. The topological polar surface area (TPSA) is 86.8 Å². The number of H-pyrrole nitrogens is 1. The minimum absolute atomic E-state index is 0.0423. The van der Waals surface area contributed by atoms with Crippen LogP contribution in [0.25, 0.3) is 32.8 Å². The van der Waals surface area contributed by atoms with E-state index in [4.69, 9.17) is 4.98 Å². The Morgan fingerprint density at radius 1 is 1.03 bits per heavy atom. The lowest BCUT2D eigenvalue weighted by Crippen LogP contribution is -2.21. The number of fused-ring (bicyclic) bond motifs is 4. The molecule has 5 rings (SSSR count). The van der Waals surface area contributed by atoms with Crippen molar-refractivity contribution in [1.82, 2.24) is 24.8 Å². The van der Waals surface area contributed by atoms with Gasteiger partial charge in [0.15, 0.2) is 0 Å². The molecule has 5 aromatic rings.